The van der Waals surface area contributed by atoms with Gasteiger partial charge in [0, 0.05) is 13.6 Å². The summed E-state index contributed by atoms with van der Waals surface area (Å²) in [5.41, 5.74) is -1.23. The van der Waals surface area contributed by atoms with E-state index in [1.807, 2.05) is 0 Å². The third-order valence-electron chi connectivity index (χ3n) is 2.62. The van der Waals surface area contributed by atoms with Gasteiger partial charge in [0.2, 0.25) is 0 Å². The van der Waals surface area contributed by atoms with Crippen LogP contribution in [-0.4, -0.2) is 26.8 Å². The predicted molar refractivity (Wildman–Crippen MR) is 71.4 cm³/mol. The quantitative estimate of drug-likeness (QED) is 0.903. The third-order valence-corrected chi connectivity index (χ3v) is 3.53. The van der Waals surface area contributed by atoms with Crippen LogP contribution in [0.5, 0.6) is 0 Å². The highest BCUT2D eigenvalue weighted by atomic mass is 32.2. The molecule has 0 atom stereocenters. The van der Waals surface area contributed by atoms with Gasteiger partial charge in [0.05, 0.1) is 5.56 Å². The summed E-state index contributed by atoms with van der Waals surface area (Å²) >= 11 is 0.889. The molecule has 114 valence electrons. The molecule has 0 amide bonds. The zero-order chi connectivity index (χ0) is 15.6. The fourth-order valence-corrected chi connectivity index (χ4v) is 2.53. The monoisotopic (exact) mass is 319 g/mol. The molecule has 0 spiro atoms. The van der Waals surface area contributed by atoms with E-state index in [0.717, 1.165) is 23.9 Å². The zero-order valence-corrected chi connectivity index (χ0v) is 12.0. The van der Waals surface area contributed by atoms with Crippen molar-refractivity contribution in [3.63, 3.8) is 0 Å². The molecule has 2 rings (SSSR count). The van der Waals surface area contributed by atoms with E-state index in [-0.39, 0.29) is 16.0 Å². The van der Waals surface area contributed by atoms with Crippen molar-refractivity contribution in [2.75, 3.05) is 12.4 Å². The summed E-state index contributed by atoms with van der Waals surface area (Å²) in [6.45, 7) is 2.09. The van der Waals surface area contributed by atoms with Gasteiger partial charge < -0.3 is 5.32 Å². The molecule has 2 heterocycles. The van der Waals surface area contributed by atoms with E-state index in [9.17, 15) is 18.0 Å². The Kier molecular flexibility index (Phi) is 4.26. The molecule has 2 aromatic rings. The van der Waals surface area contributed by atoms with E-state index in [0.29, 0.717) is 6.54 Å². The maximum atomic E-state index is 12.8. The number of H-pyrrole nitrogens is 1. The minimum absolute atomic E-state index is 0.0910. The van der Waals surface area contributed by atoms with E-state index in [4.69, 9.17) is 0 Å². The zero-order valence-electron chi connectivity index (χ0n) is 11.2. The van der Waals surface area contributed by atoms with Crippen LogP contribution in [0.4, 0.5) is 19.0 Å². The van der Waals surface area contributed by atoms with Crippen molar-refractivity contribution in [2.45, 2.75) is 29.8 Å². The Morgan fingerprint density at radius 3 is 2.71 bits per heavy atom. The highest BCUT2D eigenvalue weighted by Gasteiger charge is 2.31. The first-order valence-corrected chi connectivity index (χ1v) is 6.77. The number of hydrogen-bond donors (Lipinski definition) is 2. The minimum Gasteiger partial charge on any atom is -0.373 e. The van der Waals surface area contributed by atoms with Crippen molar-refractivity contribution in [1.82, 2.24) is 19.7 Å². The molecule has 10 heteroatoms. The lowest BCUT2D eigenvalue weighted by Gasteiger charge is -2.10. The normalized spacial score (nSPS) is 11.7. The number of rotatable bonds is 4. The van der Waals surface area contributed by atoms with Crippen LogP contribution in [0, 0.1) is 0 Å². The lowest BCUT2D eigenvalue weighted by molar-refractivity contribution is -0.137. The smallest absolute Gasteiger partial charge is 0.373 e. The van der Waals surface area contributed by atoms with Gasteiger partial charge in [0.1, 0.15) is 10.8 Å². The number of aromatic nitrogens is 4. The fraction of sp³-hybridized carbons (Fsp3) is 0.364. The van der Waals surface area contributed by atoms with Gasteiger partial charge in [-0.15, -0.1) is 5.10 Å². The third kappa shape index (κ3) is 3.38. The molecule has 0 fully saturated rings. The van der Waals surface area contributed by atoms with Gasteiger partial charge in [0.25, 0.3) is 0 Å². The van der Waals surface area contributed by atoms with E-state index in [2.05, 4.69) is 20.5 Å². The molecule has 0 aliphatic rings. The summed E-state index contributed by atoms with van der Waals surface area (Å²) in [5.74, 6) is 0.0910. The van der Waals surface area contributed by atoms with Crippen molar-refractivity contribution in [1.29, 1.82) is 0 Å². The summed E-state index contributed by atoms with van der Waals surface area (Å²) in [5, 5.41) is 8.97. The Hall–Kier alpha value is -1.97. The van der Waals surface area contributed by atoms with Gasteiger partial charge in [0.15, 0.2) is 5.16 Å². The van der Waals surface area contributed by atoms with Crippen molar-refractivity contribution >= 4 is 17.6 Å². The maximum absolute atomic E-state index is 12.8. The second kappa shape index (κ2) is 5.80. The Balaban J connectivity index is 2.42. The average Bonchev–Trinajstić information content (AvgIpc) is 2.77. The Morgan fingerprint density at radius 2 is 2.14 bits per heavy atom. The molecular formula is C11H12F3N5OS. The summed E-state index contributed by atoms with van der Waals surface area (Å²) in [6, 6.07) is 1.84. The first-order valence-electron chi connectivity index (χ1n) is 5.95. The van der Waals surface area contributed by atoms with Crippen LogP contribution in [0.15, 0.2) is 27.1 Å². The Morgan fingerprint density at radius 1 is 1.43 bits per heavy atom. The summed E-state index contributed by atoms with van der Waals surface area (Å²) in [7, 11) is 1.48. The molecule has 0 bridgehead atoms. The minimum atomic E-state index is -4.47. The Labute approximate surface area is 121 Å². The molecule has 2 aromatic heterocycles. The van der Waals surface area contributed by atoms with Gasteiger partial charge >= 0.3 is 11.9 Å². The van der Waals surface area contributed by atoms with Crippen LogP contribution in [0.3, 0.4) is 0 Å². The Bertz CT molecular complexity index is 694. The lowest BCUT2D eigenvalue weighted by atomic mass is 10.2. The first kappa shape index (κ1) is 15.4. The summed E-state index contributed by atoms with van der Waals surface area (Å²) in [6.07, 6.45) is -4.47. The topological polar surface area (TPSA) is 75.6 Å². The summed E-state index contributed by atoms with van der Waals surface area (Å²) < 4.78 is 39.8. The molecule has 0 radical (unpaired) electrons. The van der Waals surface area contributed by atoms with Crippen molar-refractivity contribution in [3.8, 4) is 0 Å². The van der Waals surface area contributed by atoms with Gasteiger partial charge in [-0.1, -0.05) is 0 Å². The molecule has 6 nitrogen and oxygen atoms in total. The summed E-state index contributed by atoms with van der Waals surface area (Å²) in [4.78, 5) is 15.5. The standard InChI is InChI=1S/C11H12F3N5OS/c1-3-19-9(20)17-18-10(19)21-8-5-6(11(12,13)14)4-7(15-2)16-8/h4-5H,3H2,1-2H3,(H,15,16)(H,17,20). The molecule has 0 aromatic carbocycles. The van der Waals surface area contributed by atoms with Crippen molar-refractivity contribution < 1.29 is 13.2 Å². The molecule has 0 saturated carbocycles. The number of pyridine rings is 1. The second-order valence-electron chi connectivity index (χ2n) is 3.98. The highest BCUT2D eigenvalue weighted by molar-refractivity contribution is 7.99. The fourth-order valence-electron chi connectivity index (χ4n) is 1.60. The van der Waals surface area contributed by atoms with Crippen molar-refractivity contribution in [3.05, 3.63) is 28.2 Å². The lowest BCUT2D eigenvalue weighted by Crippen LogP contribution is -2.16. The maximum Gasteiger partial charge on any atom is 0.416 e. The first-order chi connectivity index (χ1) is 9.85. The molecule has 0 aliphatic carbocycles. The number of alkyl halides is 3. The molecule has 0 unspecified atom stereocenters. The number of aromatic amines is 1. The highest BCUT2D eigenvalue weighted by Crippen LogP contribution is 2.34. The number of hydrogen-bond acceptors (Lipinski definition) is 5. The van der Waals surface area contributed by atoms with Gasteiger partial charge in [-0.3, -0.25) is 4.57 Å². The number of anilines is 1. The van der Waals surface area contributed by atoms with Crippen LogP contribution in [0.25, 0.3) is 0 Å². The van der Waals surface area contributed by atoms with Crippen LogP contribution >= 0.6 is 11.8 Å². The van der Waals surface area contributed by atoms with Crippen LogP contribution in [-0.2, 0) is 12.7 Å². The molecule has 21 heavy (non-hydrogen) atoms. The van der Waals surface area contributed by atoms with E-state index < -0.39 is 17.4 Å². The largest absolute Gasteiger partial charge is 0.416 e. The van der Waals surface area contributed by atoms with E-state index in [1.165, 1.54) is 11.6 Å². The number of nitrogens with zero attached hydrogens (tertiary/aromatic N) is 3. The van der Waals surface area contributed by atoms with Crippen molar-refractivity contribution in [2.24, 2.45) is 0 Å². The SMILES string of the molecule is CCn1c(Sc2cc(C(F)(F)F)cc(NC)n2)n[nH]c1=O. The molecule has 0 aliphatic heterocycles. The average molecular weight is 319 g/mol. The van der Waals surface area contributed by atoms with Crippen LogP contribution in [0.2, 0.25) is 0 Å². The van der Waals surface area contributed by atoms with Crippen LogP contribution < -0.4 is 11.0 Å². The number of nitrogens with one attached hydrogen (secondary N) is 2. The molecular weight excluding hydrogens is 307 g/mol. The molecule has 0 saturated heterocycles. The van der Waals surface area contributed by atoms with Gasteiger partial charge in [-0.25, -0.2) is 14.9 Å². The number of halogens is 3. The van der Waals surface area contributed by atoms with E-state index >= 15 is 0 Å². The van der Waals surface area contributed by atoms with E-state index in [1.54, 1.807) is 6.92 Å². The molecule has 2 N–H and O–H groups in total. The van der Waals surface area contributed by atoms with Gasteiger partial charge in [-0.05, 0) is 30.8 Å². The van der Waals surface area contributed by atoms with Crippen LogP contribution in [0.1, 0.15) is 12.5 Å². The predicted octanol–water partition coefficient (Wildman–Crippen LogP) is 2.20. The second-order valence-corrected chi connectivity index (χ2v) is 4.97. The van der Waals surface area contributed by atoms with Gasteiger partial charge in [-0.2, -0.15) is 13.2 Å².